The number of carbonyl (C=O) groups excluding carboxylic acids is 12. The van der Waals surface area contributed by atoms with Gasteiger partial charge in [-0.25, -0.2) is 0 Å². The summed E-state index contributed by atoms with van der Waals surface area (Å²) in [6.45, 7) is 7.79. The molecule has 0 aliphatic carbocycles. The van der Waals surface area contributed by atoms with Gasteiger partial charge in [-0.15, -0.1) is 0 Å². The number of likely N-dealkylation sites (N-methyl/N-ethyl adjacent to an activating group) is 1. The molecule has 11 amide bonds. The van der Waals surface area contributed by atoms with Gasteiger partial charge in [-0.05, 0) is 75.0 Å². The van der Waals surface area contributed by atoms with Gasteiger partial charge in [0.05, 0.1) is 19.5 Å². The van der Waals surface area contributed by atoms with Crippen LogP contribution in [0.2, 0.25) is 0 Å². The number of rotatable bonds is 21. The Kier molecular flexibility index (Phi) is 25.0. The molecule has 2 rings (SSSR count). The fourth-order valence-electron chi connectivity index (χ4n) is 7.20. The number of aromatic hydroxyl groups is 1. The minimum Gasteiger partial charge on any atom is -0.508 e. The molecule has 0 aromatic heterocycles. The molecular formula is C46H71N11O13. The van der Waals surface area contributed by atoms with E-state index in [-0.39, 0.29) is 75.0 Å². The summed E-state index contributed by atoms with van der Waals surface area (Å²) in [5.41, 5.74) is 11.3. The first-order chi connectivity index (χ1) is 32.8. The first kappa shape index (κ1) is 59.0. The molecule has 1 aromatic carbocycles. The molecule has 1 heterocycles. The largest absolute Gasteiger partial charge is 0.508 e. The lowest BCUT2D eigenvalue weighted by atomic mass is 10.00. The lowest BCUT2D eigenvalue weighted by Gasteiger charge is -2.28. The zero-order valence-electron chi connectivity index (χ0n) is 40.8. The highest BCUT2D eigenvalue weighted by molar-refractivity contribution is 5.98. The molecule has 70 heavy (non-hydrogen) atoms. The number of ketones is 1. The highest BCUT2D eigenvalue weighted by Crippen LogP contribution is 2.14. The van der Waals surface area contributed by atoms with Crippen LogP contribution in [0.1, 0.15) is 104 Å². The van der Waals surface area contributed by atoms with Gasteiger partial charge >= 0.3 is 0 Å². The minimum atomic E-state index is -1.75. The van der Waals surface area contributed by atoms with Crippen LogP contribution in [-0.2, 0) is 64.0 Å². The molecule has 1 aliphatic heterocycles. The average molecular weight is 986 g/mol. The van der Waals surface area contributed by atoms with Gasteiger partial charge in [0.1, 0.15) is 47.8 Å². The number of hydrogen-bond donors (Lipinski definition) is 11. The number of hydrogen-bond acceptors (Lipinski definition) is 13. The minimum absolute atomic E-state index is 0.0204. The van der Waals surface area contributed by atoms with E-state index in [0.717, 1.165) is 0 Å². The molecule has 1 saturated heterocycles. The van der Waals surface area contributed by atoms with E-state index < -0.39 is 133 Å². The predicted molar refractivity (Wildman–Crippen MR) is 252 cm³/mol. The molecule has 0 spiro atoms. The van der Waals surface area contributed by atoms with E-state index in [4.69, 9.17) is 11.5 Å². The van der Waals surface area contributed by atoms with Gasteiger partial charge in [-0.1, -0.05) is 39.8 Å². The van der Waals surface area contributed by atoms with Crippen molar-refractivity contribution in [2.45, 2.75) is 141 Å². The van der Waals surface area contributed by atoms with E-state index >= 15 is 0 Å². The molecule has 0 unspecified atom stereocenters. The first-order valence-corrected chi connectivity index (χ1v) is 23.3. The van der Waals surface area contributed by atoms with Crippen molar-refractivity contribution >= 4 is 70.8 Å². The summed E-state index contributed by atoms with van der Waals surface area (Å²) in [4.78, 5) is 158. The van der Waals surface area contributed by atoms with E-state index in [1.807, 2.05) is 13.8 Å². The number of unbranched alkanes of at least 4 members (excludes halogenated alkanes) is 1. The third-order valence-corrected chi connectivity index (χ3v) is 10.8. The summed E-state index contributed by atoms with van der Waals surface area (Å²) in [5, 5.41) is 29.9. The van der Waals surface area contributed by atoms with E-state index in [1.165, 1.54) is 43.1 Å². The van der Waals surface area contributed by atoms with Crippen LogP contribution in [0.5, 0.6) is 5.75 Å². The summed E-state index contributed by atoms with van der Waals surface area (Å²) >= 11 is 0. The zero-order valence-corrected chi connectivity index (χ0v) is 40.8. The molecule has 1 aromatic rings. The van der Waals surface area contributed by atoms with Gasteiger partial charge in [0.15, 0.2) is 0 Å². The van der Waals surface area contributed by atoms with Crippen molar-refractivity contribution in [2.24, 2.45) is 23.3 Å². The number of Topliss-reactive ketones (excluding diaryl/α,β-unsaturated/α-hetero) is 1. The van der Waals surface area contributed by atoms with Crippen LogP contribution in [0.4, 0.5) is 0 Å². The first-order valence-electron chi connectivity index (χ1n) is 23.3. The third kappa shape index (κ3) is 22.8. The lowest BCUT2D eigenvalue weighted by molar-refractivity contribution is -0.138. The van der Waals surface area contributed by atoms with Gasteiger partial charge in [0.2, 0.25) is 65.0 Å². The zero-order chi connectivity index (χ0) is 52.7. The van der Waals surface area contributed by atoms with Crippen molar-refractivity contribution in [3.63, 3.8) is 0 Å². The van der Waals surface area contributed by atoms with Crippen LogP contribution in [0.15, 0.2) is 24.3 Å². The average Bonchev–Trinajstić information content (AvgIpc) is 3.27. The molecule has 0 radical (unpaired) electrons. The quantitative estimate of drug-likeness (QED) is 0.0561. The Labute approximate surface area is 407 Å². The normalized spacial score (nSPS) is 20.3. The Hall–Kier alpha value is -7.14. The third-order valence-electron chi connectivity index (χ3n) is 10.8. The summed E-state index contributed by atoms with van der Waals surface area (Å²) in [6.07, 6.45) is -1.73. The molecule has 388 valence electrons. The molecule has 24 nitrogen and oxygen atoms in total. The highest BCUT2D eigenvalue weighted by atomic mass is 16.3. The van der Waals surface area contributed by atoms with Gasteiger partial charge < -0.3 is 64.0 Å². The maximum Gasteiger partial charge on any atom is 0.244 e. The number of nitrogens with two attached hydrogens (primary N) is 2. The smallest absolute Gasteiger partial charge is 0.244 e. The van der Waals surface area contributed by atoms with Crippen molar-refractivity contribution in [3.8, 4) is 5.75 Å². The van der Waals surface area contributed by atoms with Crippen LogP contribution >= 0.6 is 0 Å². The molecule has 13 N–H and O–H groups in total. The maximum absolute atomic E-state index is 14.0. The summed E-state index contributed by atoms with van der Waals surface area (Å²) < 4.78 is 0. The van der Waals surface area contributed by atoms with Crippen molar-refractivity contribution in [2.75, 3.05) is 26.7 Å². The van der Waals surface area contributed by atoms with Crippen molar-refractivity contribution < 1.29 is 62.6 Å². The number of phenols is 1. The van der Waals surface area contributed by atoms with Crippen LogP contribution in [0.3, 0.4) is 0 Å². The second-order valence-electron chi connectivity index (χ2n) is 18.2. The SMILES string of the molecule is CC(=O)CNC(=O)[C@H](CC(C)C)NC(=O)CCCCN(C)C(=O)[C@@H]1CCC(=O)NCC(=O)N[C@@H](Cc2ccc(O)cc2)C(=O)N[C@@H](CC(C)C)C(=O)N[C@@H](CCC(N)=O)C(=O)N[C@@H](CC(N)=O)C(=O)N1. The van der Waals surface area contributed by atoms with Gasteiger partial charge in [-0.2, -0.15) is 0 Å². The Morgan fingerprint density at radius 3 is 1.94 bits per heavy atom. The van der Waals surface area contributed by atoms with Crippen LogP contribution in [0.25, 0.3) is 0 Å². The summed E-state index contributed by atoms with van der Waals surface area (Å²) in [5.74, 6) is -9.48. The van der Waals surface area contributed by atoms with Crippen LogP contribution in [-0.4, -0.2) is 144 Å². The Morgan fingerprint density at radius 2 is 1.34 bits per heavy atom. The van der Waals surface area contributed by atoms with E-state index in [9.17, 15) is 62.6 Å². The number of amides is 11. The summed E-state index contributed by atoms with van der Waals surface area (Å²) in [6, 6.07) is -2.58. The molecule has 24 heteroatoms. The molecule has 6 atom stereocenters. The van der Waals surface area contributed by atoms with E-state index in [1.54, 1.807) is 13.8 Å². The van der Waals surface area contributed by atoms with Gasteiger partial charge in [-0.3, -0.25) is 57.5 Å². The Balaban J connectivity index is 2.45. The molecule has 0 saturated carbocycles. The Bertz CT molecular complexity index is 2050. The Morgan fingerprint density at radius 1 is 0.743 bits per heavy atom. The number of nitrogens with zero attached hydrogens (tertiary/aromatic N) is 1. The second kappa shape index (κ2) is 29.7. The fraction of sp³-hybridized carbons (Fsp3) is 0.609. The number of carbonyl (C=O) groups is 12. The van der Waals surface area contributed by atoms with E-state index in [2.05, 4.69) is 42.5 Å². The highest BCUT2D eigenvalue weighted by Gasteiger charge is 2.35. The number of nitrogens with one attached hydrogen (secondary N) is 8. The predicted octanol–water partition coefficient (Wildman–Crippen LogP) is -2.68. The number of benzene rings is 1. The van der Waals surface area contributed by atoms with Gasteiger partial charge in [0, 0.05) is 39.3 Å². The second-order valence-corrected chi connectivity index (χ2v) is 18.2. The van der Waals surface area contributed by atoms with Crippen molar-refractivity contribution in [1.82, 2.24) is 47.4 Å². The number of phenolic OH excluding ortho intramolecular Hbond substituents is 1. The van der Waals surface area contributed by atoms with Gasteiger partial charge in [0.25, 0.3) is 0 Å². The topological polar surface area (TPSA) is 377 Å². The van der Waals surface area contributed by atoms with Crippen LogP contribution < -0.4 is 54.0 Å². The molecule has 0 bridgehead atoms. The van der Waals surface area contributed by atoms with Crippen molar-refractivity contribution in [1.29, 1.82) is 0 Å². The number of primary amides is 2. The maximum atomic E-state index is 14.0. The molecular weight excluding hydrogens is 915 g/mol. The lowest BCUT2D eigenvalue weighted by Crippen LogP contribution is -2.60. The fourth-order valence-corrected chi connectivity index (χ4v) is 7.20. The van der Waals surface area contributed by atoms with Crippen molar-refractivity contribution in [3.05, 3.63) is 29.8 Å². The standard InChI is InChI=1S/C46H71N11O13/c1-25(2)19-32(41(65)50-23-27(5)58)51-39(63)9-7-8-18-57(6)46(70)31-15-17-38(62)49-24-40(64)52-34(21-28-10-12-29(59)13-11-28)44(68)55-33(20-26(3)4)43(67)53-30(14-16-36(47)60)42(66)56-35(22-37(48)61)45(69)54-31/h10-13,25-26,30-35,59H,7-9,14-24H2,1-6H3,(H2,47,60)(H2,48,61)(H,49,62)(H,50,65)(H,51,63)(H,52,64)(H,53,67)(H,54,69)(H,55,68)(H,56,66)/t30-,31-,32-,33-,34-,35-/m0/s1. The van der Waals surface area contributed by atoms with E-state index in [0.29, 0.717) is 12.0 Å². The molecule has 1 fully saturated rings. The monoisotopic (exact) mass is 986 g/mol. The van der Waals surface area contributed by atoms with Crippen LogP contribution in [0, 0.1) is 11.8 Å². The summed E-state index contributed by atoms with van der Waals surface area (Å²) in [7, 11) is 1.40. The molecule has 1 aliphatic rings.